The summed E-state index contributed by atoms with van der Waals surface area (Å²) in [5, 5.41) is 16.0. The molecule has 28 heavy (non-hydrogen) atoms. The van der Waals surface area contributed by atoms with Crippen molar-refractivity contribution in [3.8, 4) is 0 Å². The molecule has 1 atom stereocenters. The number of anilines is 1. The van der Waals surface area contributed by atoms with Crippen molar-refractivity contribution in [1.82, 2.24) is 9.69 Å². The number of amides is 1. The minimum atomic E-state index is -1.10. The second-order valence-corrected chi connectivity index (χ2v) is 7.38. The molecule has 0 spiro atoms. The summed E-state index contributed by atoms with van der Waals surface area (Å²) in [5.41, 5.74) is 1.62. The molecule has 0 aliphatic carbocycles. The first-order valence-electron chi connectivity index (χ1n) is 9.29. The van der Waals surface area contributed by atoms with Crippen molar-refractivity contribution < 1.29 is 14.7 Å². The highest BCUT2D eigenvalue weighted by atomic mass is 32.1. The number of unbranched alkanes of at least 4 members (excludes halogenated alkanes) is 1. The maximum atomic E-state index is 12.4. The zero-order chi connectivity index (χ0) is 19.9. The number of aromatic nitrogens is 1. The fourth-order valence-electron chi connectivity index (χ4n) is 2.86. The van der Waals surface area contributed by atoms with Crippen LogP contribution in [0.25, 0.3) is 10.1 Å². The molecule has 1 aromatic heterocycles. The molecule has 0 saturated carbocycles. The summed E-state index contributed by atoms with van der Waals surface area (Å²) in [7, 11) is 0. The molecule has 3 N–H and O–H groups in total. The number of fused-ring (bicyclic) bond motifs is 1. The van der Waals surface area contributed by atoms with Crippen molar-refractivity contribution in [3.63, 3.8) is 0 Å². The quantitative estimate of drug-likeness (QED) is 0.509. The zero-order valence-electron chi connectivity index (χ0n) is 15.6. The van der Waals surface area contributed by atoms with Crippen LogP contribution in [0.15, 0.2) is 48.5 Å². The molecule has 7 heteroatoms. The fourth-order valence-corrected chi connectivity index (χ4v) is 3.61. The Hall–Kier alpha value is -2.93. The molecule has 3 rings (SSSR count). The van der Waals surface area contributed by atoms with E-state index >= 15 is 0 Å². The number of aryl methyl sites for hydroxylation is 1. The number of carbonyl (C=O) groups is 2. The predicted octanol–water partition coefficient (Wildman–Crippen LogP) is 3.93. The number of benzene rings is 2. The number of nitrogens with zero attached hydrogens (tertiary/aromatic N) is 1. The normalized spacial score (nSPS) is 11.9. The smallest absolute Gasteiger partial charge is 0.328 e. The number of hydrogen-bond acceptors (Lipinski definition) is 5. The van der Waals surface area contributed by atoms with Gasteiger partial charge < -0.3 is 15.7 Å². The lowest BCUT2D eigenvalue weighted by Gasteiger charge is -2.15. The SMILES string of the molecule is CCCCc1ccc(C(=O)NC(CNc2nsc3ccccc23)C(=O)O)cc1. The summed E-state index contributed by atoms with van der Waals surface area (Å²) in [6.45, 7) is 2.18. The van der Waals surface area contributed by atoms with Crippen LogP contribution in [-0.2, 0) is 11.2 Å². The largest absolute Gasteiger partial charge is 0.480 e. The van der Waals surface area contributed by atoms with Crippen molar-refractivity contribution >= 4 is 39.3 Å². The number of carboxylic acid groups (broad SMARTS) is 1. The first kappa shape index (κ1) is 19.8. The predicted molar refractivity (Wildman–Crippen MR) is 112 cm³/mol. The van der Waals surface area contributed by atoms with Crippen LogP contribution in [-0.4, -0.2) is 33.9 Å². The third-order valence-electron chi connectivity index (χ3n) is 4.49. The van der Waals surface area contributed by atoms with Crippen LogP contribution in [0.4, 0.5) is 5.82 Å². The van der Waals surface area contributed by atoms with Gasteiger partial charge in [0.25, 0.3) is 5.91 Å². The molecule has 1 heterocycles. The summed E-state index contributed by atoms with van der Waals surface area (Å²) in [6, 6.07) is 14.0. The minimum absolute atomic E-state index is 0.0450. The molecule has 1 unspecified atom stereocenters. The Morgan fingerprint density at radius 3 is 2.61 bits per heavy atom. The third kappa shape index (κ3) is 4.86. The van der Waals surface area contributed by atoms with E-state index in [9.17, 15) is 14.7 Å². The Bertz CT molecular complexity index is 953. The standard InChI is InChI=1S/C21H23N3O3S/c1-2-3-6-14-9-11-15(12-10-14)20(25)23-17(21(26)27)13-22-19-16-7-4-5-8-18(16)28-24-19/h4-5,7-12,17H,2-3,6,13H2,1H3,(H,22,24)(H,23,25)(H,26,27). The van der Waals surface area contributed by atoms with Crippen LogP contribution in [0.2, 0.25) is 0 Å². The van der Waals surface area contributed by atoms with Crippen LogP contribution >= 0.6 is 11.5 Å². The Balaban J connectivity index is 1.62. The summed E-state index contributed by atoms with van der Waals surface area (Å²) in [5.74, 6) is -0.874. The summed E-state index contributed by atoms with van der Waals surface area (Å²) in [4.78, 5) is 24.0. The molecule has 6 nitrogen and oxygen atoms in total. The van der Waals surface area contributed by atoms with Gasteiger partial charge in [-0.1, -0.05) is 37.6 Å². The number of carboxylic acids is 1. The van der Waals surface area contributed by atoms with E-state index in [0.29, 0.717) is 11.4 Å². The molecule has 1 amide bonds. The highest BCUT2D eigenvalue weighted by Gasteiger charge is 2.21. The van der Waals surface area contributed by atoms with Gasteiger partial charge in [0, 0.05) is 17.5 Å². The van der Waals surface area contributed by atoms with Crippen molar-refractivity contribution in [2.45, 2.75) is 32.2 Å². The lowest BCUT2D eigenvalue weighted by Crippen LogP contribution is -2.45. The van der Waals surface area contributed by atoms with Gasteiger partial charge in [-0.15, -0.1) is 0 Å². The summed E-state index contributed by atoms with van der Waals surface area (Å²) < 4.78 is 5.34. The van der Waals surface area contributed by atoms with Crippen molar-refractivity contribution in [1.29, 1.82) is 0 Å². The molecule has 0 aliphatic heterocycles. The average molecular weight is 398 g/mol. The first-order chi connectivity index (χ1) is 13.6. The van der Waals surface area contributed by atoms with E-state index in [-0.39, 0.29) is 6.54 Å². The molecule has 0 fully saturated rings. The molecule has 2 aromatic carbocycles. The maximum Gasteiger partial charge on any atom is 0.328 e. The Labute approximate surface area is 167 Å². The van der Waals surface area contributed by atoms with E-state index in [1.807, 2.05) is 36.4 Å². The van der Waals surface area contributed by atoms with Gasteiger partial charge in [-0.3, -0.25) is 4.79 Å². The Morgan fingerprint density at radius 2 is 1.89 bits per heavy atom. The lowest BCUT2D eigenvalue weighted by molar-refractivity contribution is -0.138. The van der Waals surface area contributed by atoms with Crippen LogP contribution in [0.5, 0.6) is 0 Å². The number of hydrogen-bond donors (Lipinski definition) is 3. The fraction of sp³-hybridized carbons (Fsp3) is 0.286. The van der Waals surface area contributed by atoms with Crippen molar-refractivity contribution in [2.24, 2.45) is 0 Å². The second-order valence-electron chi connectivity index (χ2n) is 6.57. The van der Waals surface area contributed by atoms with Crippen LogP contribution in [0, 0.1) is 0 Å². The molecule has 0 aliphatic rings. The molecule has 3 aromatic rings. The van der Waals surface area contributed by atoms with Gasteiger partial charge in [0.15, 0.2) is 0 Å². The number of carbonyl (C=O) groups excluding carboxylic acids is 1. The molecule has 0 saturated heterocycles. The van der Waals surface area contributed by atoms with Gasteiger partial charge in [0.1, 0.15) is 11.9 Å². The highest BCUT2D eigenvalue weighted by molar-refractivity contribution is 7.13. The molecule has 146 valence electrons. The van der Waals surface area contributed by atoms with E-state index in [1.54, 1.807) is 12.1 Å². The molecule has 0 bridgehead atoms. The van der Waals surface area contributed by atoms with E-state index in [1.165, 1.54) is 17.1 Å². The van der Waals surface area contributed by atoms with Gasteiger partial charge in [-0.25, -0.2) is 4.79 Å². The zero-order valence-corrected chi connectivity index (χ0v) is 16.5. The van der Waals surface area contributed by atoms with Crippen molar-refractivity contribution in [3.05, 3.63) is 59.7 Å². The lowest BCUT2D eigenvalue weighted by atomic mass is 10.1. The van der Waals surface area contributed by atoms with E-state index in [2.05, 4.69) is 21.9 Å². The van der Waals surface area contributed by atoms with Gasteiger partial charge >= 0.3 is 5.97 Å². The van der Waals surface area contributed by atoms with Crippen LogP contribution in [0.1, 0.15) is 35.7 Å². The van der Waals surface area contributed by atoms with Gasteiger partial charge in [0.05, 0.1) is 4.70 Å². The van der Waals surface area contributed by atoms with E-state index < -0.39 is 17.9 Å². The Morgan fingerprint density at radius 1 is 1.14 bits per heavy atom. The van der Waals surface area contributed by atoms with E-state index in [0.717, 1.165) is 29.3 Å². The average Bonchev–Trinajstić information content (AvgIpc) is 3.12. The molecule has 0 radical (unpaired) electrons. The Kier molecular flexibility index (Phi) is 6.60. The molecular weight excluding hydrogens is 374 g/mol. The van der Waals surface area contributed by atoms with Crippen LogP contribution in [0.3, 0.4) is 0 Å². The third-order valence-corrected chi connectivity index (χ3v) is 5.32. The summed E-state index contributed by atoms with van der Waals surface area (Å²) >= 11 is 1.34. The van der Waals surface area contributed by atoms with Crippen LogP contribution < -0.4 is 10.6 Å². The van der Waals surface area contributed by atoms with Gasteiger partial charge in [0.2, 0.25) is 0 Å². The van der Waals surface area contributed by atoms with Gasteiger partial charge in [-0.05, 0) is 54.2 Å². The topological polar surface area (TPSA) is 91.3 Å². The second kappa shape index (κ2) is 9.32. The highest BCUT2D eigenvalue weighted by Crippen LogP contribution is 2.26. The van der Waals surface area contributed by atoms with Gasteiger partial charge in [-0.2, -0.15) is 4.37 Å². The number of rotatable bonds is 9. The number of nitrogens with one attached hydrogen (secondary N) is 2. The van der Waals surface area contributed by atoms with E-state index in [4.69, 9.17) is 0 Å². The molecular formula is C21H23N3O3S. The number of aliphatic carboxylic acids is 1. The monoisotopic (exact) mass is 397 g/mol. The minimum Gasteiger partial charge on any atom is -0.480 e. The first-order valence-corrected chi connectivity index (χ1v) is 10.1. The maximum absolute atomic E-state index is 12.4. The van der Waals surface area contributed by atoms with Crippen molar-refractivity contribution in [2.75, 3.05) is 11.9 Å². The summed E-state index contributed by atoms with van der Waals surface area (Å²) in [6.07, 6.45) is 3.19.